The van der Waals surface area contributed by atoms with Crippen LogP contribution in [0.3, 0.4) is 0 Å². The quantitative estimate of drug-likeness (QED) is 0.854. The smallest absolute Gasteiger partial charge is 0.0674 e. The fourth-order valence-corrected chi connectivity index (χ4v) is 3.66. The molecule has 2 heteroatoms. The van der Waals surface area contributed by atoms with Gasteiger partial charge in [0.25, 0.3) is 0 Å². The summed E-state index contributed by atoms with van der Waals surface area (Å²) in [4.78, 5) is 0. The number of aliphatic hydroxyl groups is 1. The molecule has 2 nitrogen and oxygen atoms in total. The standard InChI is InChI=1S/C17H27NO/c1-3-14-9-10-17(11-14,12-18)16(19)13(2)15-7-5-4-6-8-15/h4-8,13-14,16,19H,3,9-12,18H2,1-2H3. The molecule has 4 atom stereocenters. The normalized spacial score (nSPS) is 30.2. The molecule has 1 aromatic rings. The van der Waals surface area contributed by atoms with Crippen molar-refractivity contribution in [3.8, 4) is 0 Å². The summed E-state index contributed by atoms with van der Waals surface area (Å²) >= 11 is 0. The fraction of sp³-hybridized carbons (Fsp3) is 0.647. The van der Waals surface area contributed by atoms with Crippen LogP contribution in [-0.2, 0) is 0 Å². The van der Waals surface area contributed by atoms with Crippen LogP contribution in [0.15, 0.2) is 30.3 Å². The first kappa shape index (κ1) is 14.5. The second kappa shape index (κ2) is 6.06. The highest BCUT2D eigenvalue weighted by Gasteiger charge is 2.45. The Balaban J connectivity index is 2.15. The number of hydrogen-bond acceptors (Lipinski definition) is 2. The van der Waals surface area contributed by atoms with Crippen molar-refractivity contribution < 1.29 is 5.11 Å². The third-order valence-electron chi connectivity index (χ3n) is 5.16. The van der Waals surface area contributed by atoms with E-state index in [1.807, 2.05) is 18.2 Å². The Kier molecular flexibility index (Phi) is 4.64. The summed E-state index contributed by atoms with van der Waals surface area (Å²) in [5.41, 5.74) is 7.18. The van der Waals surface area contributed by atoms with Gasteiger partial charge in [-0.2, -0.15) is 0 Å². The molecule has 0 aliphatic heterocycles. The lowest BCUT2D eigenvalue weighted by molar-refractivity contribution is 0.0141. The lowest BCUT2D eigenvalue weighted by atomic mass is 9.73. The largest absolute Gasteiger partial charge is 0.392 e. The summed E-state index contributed by atoms with van der Waals surface area (Å²) in [7, 11) is 0. The van der Waals surface area contributed by atoms with Crippen LogP contribution in [0.2, 0.25) is 0 Å². The number of hydrogen-bond donors (Lipinski definition) is 2. The van der Waals surface area contributed by atoms with E-state index < -0.39 is 0 Å². The molecule has 2 rings (SSSR count). The summed E-state index contributed by atoms with van der Waals surface area (Å²) < 4.78 is 0. The molecule has 0 radical (unpaired) electrons. The number of nitrogens with two attached hydrogens (primary N) is 1. The molecule has 0 heterocycles. The zero-order valence-electron chi connectivity index (χ0n) is 12.2. The van der Waals surface area contributed by atoms with Crippen molar-refractivity contribution >= 4 is 0 Å². The van der Waals surface area contributed by atoms with E-state index in [-0.39, 0.29) is 17.4 Å². The average Bonchev–Trinajstić information content (AvgIpc) is 2.91. The second-order valence-electron chi connectivity index (χ2n) is 6.23. The highest BCUT2D eigenvalue weighted by atomic mass is 16.3. The van der Waals surface area contributed by atoms with E-state index in [0.29, 0.717) is 6.54 Å². The molecule has 1 aliphatic rings. The minimum absolute atomic E-state index is 0.0735. The third-order valence-corrected chi connectivity index (χ3v) is 5.16. The van der Waals surface area contributed by atoms with Crippen LogP contribution in [-0.4, -0.2) is 17.8 Å². The molecule has 106 valence electrons. The van der Waals surface area contributed by atoms with Crippen molar-refractivity contribution in [1.82, 2.24) is 0 Å². The summed E-state index contributed by atoms with van der Waals surface area (Å²) in [5, 5.41) is 10.9. The summed E-state index contributed by atoms with van der Waals surface area (Å²) in [6.07, 6.45) is 4.23. The Hall–Kier alpha value is -0.860. The minimum Gasteiger partial charge on any atom is -0.392 e. The maximum absolute atomic E-state index is 10.9. The molecule has 0 aromatic heterocycles. The minimum atomic E-state index is -0.337. The van der Waals surface area contributed by atoms with E-state index >= 15 is 0 Å². The van der Waals surface area contributed by atoms with Crippen molar-refractivity contribution in [3.63, 3.8) is 0 Å². The molecule has 3 N–H and O–H groups in total. The SMILES string of the molecule is CCC1CCC(CN)(C(O)C(C)c2ccccc2)C1. The number of rotatable bonds is 5. The Morgan fingerprint density at radius 3 is 2.58 bits per heavy atom. The lowest BCUT2D eigenvalue weighted by Crippen LogP contribution is -2.42. The van der Waals surface area contributed by atoms with E-state index in [2.05, 4.69) is 26.0 Å². The zero-order valence-corrected chi connectivity index (χ0v) is 12.2. The van der Waals surface area contributed by atoms with Gasteiger partial charge in [-0.05, 0) is 30.7 Å². The van der Waals surface area contributed by atoms with Gasteiger partial charge in [0.2, 0.25) is 0 Å². The predicted molar refractivity (Wildman–Crippen MR) is 80.0 cm³/mol. The van der Waals surface area contributed by atoms with Gasteiger partial charge in [0.15, 0.2) is 0 Å². The van der Waals surface area contributed by atoms with Gasteiger partial charge in [0, 0.05) is 17.9 Å². The third kappa shape index (κ3) is 2.85. The van der Waals surface area contributed by atoms with Crippen LogP contribution in [0.5, 0.6) is 0 Å². The molecule has 0 saturated heterocycles. The first-order valence-corrected chi connectivity index (χ1v) is 7.56. The van der Waals surface area contributed by atoms with E-state index in [9.17, 15) is 5.11 Å². The van der Waals surface area contributed by atoms with Crippen LogP contribution in [0.25, 0.3) is 0 Å². The van der Waals surface area contributed by atoms with Gasteiger partial charge in [0.05, 0.1) is 6.10 Å². The predicted octanol–water partition coefficient (Wildman–Crippen LogP) is 3.31. The maximum atomic E-state index is 10.9. The molecule has 1 saturated carbocycles. The van der Waals surface area contributed by atoms with Crippen LogP contribution in [0, 0.1) is 11.3 Å². The van der Waals surface area contributed by atoms with Crippen molar-refractivity contribution in [3.05, 3.63) is 35.9 Å². The molecule has 4 unspecified atom stereocenters. The van der Waals surface area contributed by atoms with Gasteiger partial charge in [-0.3, -0.25) is 0 Å². The molecule has 0 bridgehead atoms. The molecule has 1 fully saturated rings. The lowest BCUT2D eigenvalue weighted by Gasteiger charge is -2.37. The topological polar surface area (TPSA) is 46.2 Å². The first-order valence-electron chi connectivity index (χ1n) is 7.56. The summed E-state index contributed by atoms with van der Waals surface area (Å²) in [6.45, 7) is 4.96. The number of aliphatic hydroxyl groups excluding tert-OH is 1. The van der Waals surface area contributed by atoms with E-state index in [4.69, 9.17) is 5.73 Å². The summed E-state index contributed by atoms with van der Waals surface area (Å²) in [6, 6.07) is 10.3. The first-order chi connectivity index (χ1) is 9.13. The fourth-order valence-electron chi connectivity index (χ4n) is 3.66. The van der Waals surface area contributed by atoms with E-state index in [1.165, 1.54) is 18.4 Å². The van der Waals surface area contributed by atoms with Crippen LogP contribution in [0.4, 0.5) is 0 Å². The van der Waals surface area contributed by atoms with Crippen molar-refractivity contribution in [2.75, 3.05) is 6.54 Å². The summed E-state index contributed by atoms with van der Waals surface area (Å²) in [5.74, 6) is 0.890. The van der Waals surface area contributed by atoms with Crippen LogP contribution >= 0.6 is 0 Å². The second-order valence-corrected chi connectivity index (χ2v) is 6.23. The van der Waals surface area contributed by atoms with Crippen LogP contribution in [0.1, 0.15) is 51.0 Å². The Labute approximate surface area is 117 Å². The van der Waals surface area contributed by atoms with Gasteiger partial charge in [-0.25, -0.2) is 0 Å². The molecule has 0 spiro atoms. The highest BCUT2D eigenvalue weighted by molar-refractivity contribution is 5.21. The van der Waals surface area contributed by atoms with Gasteiger partial charge >= 0.3 is 0 Å². The monoisotopic (exact) mass is 261 g/mol. The van der Waals surface area contributed by atoms with Gasteiger partial charge < -0.3 is 10.8 Å². The average molecular weight is 261 g/mol. The van der Waals surface area contributed by atoms with Gasteiger partial charge in [-0.15, -0.1) is 0 Å². The van der Waals surface area contributed by atoms with Crippen LogP contribution < -0.4 is 5.73 Å². The molecule has 0 amide bonds. The van der Waals surface area contributed by atoms with E-state index in [0.717, 1.165) is 18.8 Å². The van der Waals surface area contributed by atoms with Crippen molar-refractivity contribution in [1.29, 1.82) is 0 Å². The van der Waals surface area contributed by atoms with Gasteiger partial charge in [-0.1, -0.05) is 50.6 Å². The Morgan fingerprint density at radius 1 is 1.37 bits per heavy atom. The highest BCUT2D eigenvalue weighted by Crippen LogP contribution is 2.48. The molecular weight excluding hydrogens is 234 g/mol. The Morgan fingerprint density at radius 2 is 2.05 bits per heavy atom. The molecular formula is C17H27NO. The van der Waals surface area contributed by atoms with E-state index in [1.54, 1.807) is 0 Å². The number of benzene rings is 1. The van der Waals surface area contributed by atoms with Crippen molar-refractivity contribution in [2.24, 2.45) is 17.1 Å². The Bertz CT molecular complexity index is 392. The maximum Gasteiger partial charge on any atom is 0.0674 e. The molecule has 1 aliphatic carbocycles. The van der Waals surface area contributed by atoms with Gasteiger partial charge in [0.1, 0.15) is 0 Å². The van der Waals surface area contributed by atoms with Crippen molar-refractivity contribution in [2.45, 2.75) is 51.6 Å². The molecule has 19 heavy (non-hydrogen) atoms. The molecule has 1 aromatic carbocycles. The zero-order chi connectivity index (χ0) is 13.9.